The average Bonchev–Trinajstić information content (AvgIpc) is 2.44. The van der Waals surface area contributed by atoms with Gasteiger partial charge in [-0.25, -0.2) is 4.79 Å². The van der Waals surface area contributed by atoms with Crippen molar-refractivity contribution in [1.82, 2.24) is 10.6 Å². The van der Waals surface area contributed by atoms with Crippen LogP contribution in [0.25, 0.3) is 0 Å². The Hall–Kier alpha value is -1.79. The van der Waals surface area contributed by atoms with Gasteiger partial charge in [-0.15, -0.1) is 0 Å². The lowest BCUT2D eigenvalue weighted by Gasteiger charge is -2.16. The van der Waals surface area contributed by atoms with Crippen LogP contribution in [-0.4, -0.2) is 43.0 Å². The van der Waals surface area contributed by atoms with Crippen molar-refractivity contribution in [3.8, 4) is 5.75 Å². The highest BCUT2D eigenvalue weighted by Gasteiger charge is 2.08. The highest BCUT2D eigenvalue weighted by molar-refractivity contribution is 5.89. The first-order chi connectivity index (χ1) is 10.4. The number of nitrogens with one attached hydrogen (secondary N) is 3. The van der Waals surface area contributed by atoms with E-state index < -0.39 is 6.10 Å². The van der Waals surface area contributed by atoms with Crippen molar-refractivity contribution < 1.29 is 14.6 Å². The zero-order valence-electron chi connectivity index (χ0n) is 13.8. The van der Waals surface area contributed by atoms with E-state index in [0.717, 1.165) is 5.56 Å². The first-order valence-corrected chi connectivity index (χ1v) is 7.62. The Morgan fingerprint density at radius 2 is 2.09 bits per heavy atom. The van der Waals surface area contributed by atoms with Gasteiger partial charge < -0.3 is 25.8 Å². The molecule has 0 heterocycles. The van der Waals surface area contributed by atoms with Crippen LogP contribution in [0, 0.1) is 6.92 Å². The summed E-state index contributed by atoms with van der Waals surface area (Å²) < 4.78 is 5.62. The van der Waals surface area contributed by atoms with Crippen molar-refractivity contribution in [3.63, 3.8) is 0 Å². The summed E-state index contributed by atoms with van der Waals surface area (Å²) in [4.78, 5) is 11.5. The van der Waals surface area contributed by atoms with Crippen LogP contribution in [0.2, 0.25) is 0 Å². The largest absolute Gasteiger partial charge is 0.491 e. The fourth-order valence-electron chi connectivity index (χ4n) is 1.84. The molecule has 6 heteroatoms. The van der Waals surface area contributed by atoms with Crippen molar-refractivity contribution in [2.45, 2.75) is 39.8 Å². The highest BCUT2D eigenvalue weighted by atomic mass is 16.5. The summed E-state index contributed by atoms with van der Waals surface area (Å²) in [6, 6.07) is 5.50. The van der Waals surface area contributed by atoms with E-state index in [0.29, 0.717) is 30.6 Å². The smallest absolute Gasteiger partial charge is 0.319 e. The van der Waals surface area contributed by atoms with Crippen LogP contribution >= 0.6 is 0 Å². The molecule has 6 nitrogen and oxygen atoms in total. The second-order valence-corrected chi connectivity index (χ2v) is 5.49. The van der Waals surface area contributed by atoms with Crippen LogP contribution in [0.4, 0.5) is 10.5 Å². The molecule has 2 amide bonds. The Morgan fingerprint density at radius 1 is 1.36 bits per heavy atom. The Bertz CT molecular complexity index is 478. The van der Waals surface area contributed by atoms with Crippen molar-refractivity contribution in [2.24, 2.45) is 0 Å². The van der Waals surface area contributed by atoms with Gasteiger partial charge in [-0.2, -0.15) is 0 Å². The summed E-state index contributed by atoms with van der Waals surface area (Å²) in [7, 11) is 0. The van der Waals surface area contributed by atoms with Crippen molar-refractivity contribution in [3.05, 3.63) is 23.8 Å². The third kappa shape index (κ3) is 6.78. The Balaban J connectivity index is 2.50. The van der Waals surface area contributed by atoms with E-state index in [4.69, 9.17) is 4.74 Å². The maximum absolute atomic E-state index is 11.5. The summed E-state index contributed by atoms with van der Waals surface area (Å²) in [5.41, 5.74) is 1.61. The number of carbonyl (C=O) groups excluding carboxylic acids is 1. The number of hydrogen-bond acceptors (Lipinski definition) is 4. The average molecular weight is 309 g/mol. The van der Waals surface area contributed by atoms with E-state index in [1.54, 1.807) is 12.1 Å². The van der Waals surface area contributed by atoms with Crippen LogP contribution in [0.5, 0.6) is 5.75 Å². The summed E-state index contributed by atoms with van der Waals surface area (Å²) in [6.45, 7) is 9.11. The van der Waals surface area contributed by atoms with Gasteiger partial charge in [-0.05, 0) is 37.6 Å². The van der Waals surface area contributed by atoms with Gasteiger partial charge in [-0.3, -0.25) is 0 Å². The molecule has 0 aliphatic carbocycles. The summed E-state index contributed by atoms with van der Waals surface area (Å²) in [6.07, 6.45) is -0.560. The molecular weight excluding hydrogens is 282 g/mol. The molecule has 4 N–H and O–H groups in total. The number of amides is 2. The second kappa shape index (κ2) is 9.27. The van der Waals surface area contributed by atoms with Crippen molar-refractivity contribution >= 4 is 11.7 Å². The number of carbonyl (C=O) groups is 1. The van der Waals surface area contributed by atoms with Gasteiger partial charge in [0.15, 0.2) is 0 Å². The molecule has 1 atom stereocenters. The van der Waals surface area contributed by atoms with Crippen molar-refractivity contribution in [2.75, 3.05) is 25.0 Å². The fourth-order valence-corrected chi connectivity index (χ4v) is 1.84. The fraction of sp³-hybridized carbons (Fsp3) is 0.562. The van der Waals surface area contributed by atoms with Crippen LogP contribution in [0.3, 0.4) is 0 Å². The third-order valence-corrected chi connectivity index (χ3v) is 2.96. The van der Waals surface area contributed by atoms with Crippen LogP contribution in [0.1, 0.15) is 26.3 Å². The molecule has 22 heavy (non-hydrogen) atoms. The number of aryl methyl sites for hydroxylation is 1. The van der Waals surface area contributed by atoms with Gasteiger partial charge in [0.05, 0.1) is 0 Å². The maximum Gasteiger partial charge on any atom is 0.319 e. The lowest BCUT2D eigenvalue weighted by Crippen LogP contribution is -2.35. The molecule has 0 aliphatic heterocycles. The molecule has 124 valence electrons. The van der Waals surface area contributed by atoms with Gasteiger partial charge in [-0.1, -0.05) is 13.8 Å². The topological polar surface area (TPSA) is 82.6 Å². The van der Waals surface area contributed by atoms with E-state index in [2.05, 4.69) is 16.0 Å². The van der Waals surface area contributed by atoms with Crippen LogP contribution in [-0.2, 0) is 0 Å². The number of hydrogen-bond donors (Lipinski definition) is 4. The molecule has 0 saturated heterocycles. The molecule has 1 aromatic carbocycles. The maximum atomic E-state index is 11.5. The first kappa shape index (κ1) is 18.3. The normalized spacial score (nSPS) is 12.1. The minimum absolute atomic E-state index is 0.226. The van der Waals surface area contributed by atoms with Gasteiger partial charge >= 0.3 is 6.03 Å². The van der Waals surface area contributed by atoms with Gasteiger partial charge in [0.25, 0.3) is 0 Å². The van der Waals surface area contributed by atoms with Gasteiger partial charge in [0, 0.05) is 24.8 Å². The Morgan fingerprint density at radius 3 is 2.68 bits per heavy atom. The molecule has 0 saturated carbocycles. The number of urea groups is 1. The van der Waals surface area contributed by atoms with Crippen molar-refractivity contribution in [1.29, 1.82) is 0 Å². The summed E-state index contributed by atoms with van der Waals surface area (Å²) in [5, 5.41) is 18.4. The molecule has 0 bridgehead atoms. The third-order valence-electron chi connectivity index (χ3n) is 2.96. The van der Waals surface area contributed by atoms with E-state index >= 15 is 0 Å². The highest BCUT2D eigenvalue weighted by Crippen LogP contribution is 2.22. The first-order valence-electron chi connectivity index (χ1n) is 7.62. The minimum Gasteiger partial charge on any atom is -0.491 e. The predicted molar refractivity (Wildman–Crippen MR) is 88.5 cm³/mol. The molecule has 1 aromatic rings. The molecule has 0 radical (unpaired) electrons. The monoisotopic (exact) mass is 309 g/mol. The minimum atomic E-state index is -0.560. The number of aliphatic hydroxyl groups excluding tert-OH is 1. The number of ether oxygens (including phenoxy) is 1. The number of anilines is 1. The molecule has 0 aromatic heterocycles. The Labute approximate surface area is 132 Å². The van der Waals surface area contributed by atoms with E-state index in [1.807, 2.05) is 33.8 Å². The lowest BCUT2D eigenvalue weighted by atomic mass is 10.2. The van der Waals surface area contributed by atoms with Crippen LogP contribution in [0.15, 0.2) is 18.2 Å². The lowest BCUT2D eigenvalue weighted by molar-refractivity contribution is 0.104. The molecule has 0 aliphatic rings. The number of rotatable bonds is 8. The van der Waals surface area contributed by atoms with Gasteiger partial charge in [0.1, 0.15) is 18.5 Å². The number of benzene rings is 1. The zero-order valence-corrected chi connectivity index (χ0v) is 13.8. The second-order valence-electron chi connectivity index (χ2n) is 5.49. The van der Waals surface area contributed by atoms with E-state index in [1.165, 1.54) is 0 Å². The Kier molecular flexibility index (Phi) is 7.70. The van der Waals surface area contributed by atoms with E-state index in [9.17, 15) is 9.90 Å². The summed E-state index contributed by atoms with van der Waals surface area (Å²) >= 11 is 0. The number of aliphatic hydroxyl groups is 1. The molecular formula is C16H27N3O3. The zero-order chi connectivity index (χ0) is 16.5. The quantitative estimate of drug-likeness (QED) is 0.591. The molecule has 1 rings (SSSR count). The standard InChI is InChI=1S/C16H27N3O3/c1-5-17-16(21)19-13-6-7-15(12(4)8-13)22-10-14(20)9-18-11(2)3/h6-8,11,14,18,20H,5,9-10H2,1-4H3,(H2,17,19,21)/t14-/m1/s1. The van der Waals surface area contributed by atoms with E-state index in [-0.39, 0.29) is 12.6 Å². The van der Waals surface area contributed by atoms with Crippen LogP contribution < -0.4 is 20.7 Å². The predicted octanol–water partition coefficient (Wildman–Crippen LogP) is 1.87. The summed E-state index contributed by atoms with van der Waals surface area (Å²) in [5.74, 6) is 0.699. The molecule has 0 spiro atoms. The molecule has 0 fully saturated rings. The van der Waals surface area contributed by atoms with Gasteiger partial charge in [0.2, 0.25) is 0 Å². The molecule has 0 unspecified atom stereocenters. The SMILES string of the molecule is CCNC(=O)Nc1ccc(OC[C@H](O)CNC(C)C)c(C)c1.